The zero-order valence-electron chi connectivity index (χ0n) is 21.7. The van der Waals surface area contributed by atoms with E-state index in [-0.39, 0.29) is 29.1 Å². The van der Waals surface area contributed by atoms with Gasteiger partial charge in [-0.15, -0.1) is 0 Å². The van der Waals surface area contributed by atoms with Crippen LogP contribution >= 0.6 is 23.2 Å². The van der Waals surface area contributed by atoms with Crippen molar-refractivity contribution >= 4 is 41.0 Å². The molecule has 0 saturated carbocycles. The Kier molecular flexibility index (Phi) is 8.51. The Morgan fingerprint density at radius 3 is 2.73 bits per heavy atom. The monoisotopic (exact) mass is 587 g/mol. The topological polar surface area (TPSA) is 117 Å². The second-order valence-electron chi connectivity index (χ2n) is 9.81. The number of fused-ring (bicyclic) bond motifs is 1. The summed E-state index contributed by atoms with van der Waals surface area (Å²) in [6.07, 6.45) is 3.23. The average Bonchev–Trinajstić information content (AvgIpc) is 3.29. The van der Waals surface area contributed by atoms with E-state index in [2.05, 4.69) is 20.6 Å². The van der Waals surface area contributed by atoms with Crippen LogP contribution in [0.15, 0.2) is 42.6 Å². The number of halogens is 3. The Bertz CT molecular complexity index is 1440. The fraction of sp³-hybridized carbons (Fsp3) is 0.357. The van der Waals surface area contributed by atoms with Gasteiger partial charge in [0.2, 0.25) is 11.9 Å². The van der Waals surface area contributed by atoms with Crippen LogP contribution in [-0.4, -0.2) is 63.7 Å². The van der Waals surface area contributed by atoms with Gasteiger partial charge >= 0.3 is 0 Å². The molecule has 12 heteroatoms. The lowest BCUT2D eigenvalue weighted by Crippen LogP contribution is -2.46. The highest BCUT2D eigenvalue weighted by molar-refractivity contribution is 6.33. The minimum Gasteiger partial charge on any atom is -0.394 e. The fourth-order valence-electron chi connectivity index (χ4n) is 4.88. The molecule has 40 heavy (non-hydrogen) atoms. The van der Waals surface area contributed by atoms with Gasteiger partial charge in [-0.1, -0.05) is 35.3 Å². The SMILES string of the molecule is CC(C(=O)NC(CO)c1cc(F)ccc1Cl)N1Cc2ccc(-c3nc(NC4CCOCC4)ncc3Cl)cc2C1=O. The van der Waals surface area contributed by atoms with Crippen LogP contribution in [0.1, 0.15) is 47.3 Å². The van der Waals surface area contributed by atoms with E-state index in [0.717, 1.165) is 24.5 Å². The van der Waals surface area contributed by atoms with Crippen molar-refractivity contribution in [2.75, 3.05) is 25.1 Å². The van der Waals surface area contributed by atoms with Crippen LogP contribution in [0.4, 0.5) is 10.3 Å². The molecule has 2 aliphatic rings. The molecule has 1 saturated heterocycles. The Morgan fingerprint density at radius 2 is 1.98 bits per heavy atom. The first-order valence-electron chi connectivity index (χ1n) is 12.9. The number of carbonyl (C=O) groups excluding carboxylic acids is 2. The normalized spacial score (nSPS) is 16.9. The van der Waals surface area contributed by atoms with Crippen molar-refractivity contribution in [1.82, 2.24) is 20.2 Å². The maximum absolute atomic E-state index is 13.8. The molecular weight excluding hydrogens is 560 g/mol. The number of hydrogen-bond donors (Lipinski definition) is 3. The Labute approximate surface area is 240 Å². The third-order valence-electron chi connectivity index (χ3n) is 7.19. The van der Waals surface area contributed by atoms with Crippen LogP contribution in [0, 0.1) is 5.82 Å². The first-order valence-corrected chi connectivity index (χ1v) is 13.7. The van der Waals surface area contributed by atoms with E-state index in [9.17, 15) is 19.1 Å². The fourth-order valence-corrected chi connectivity index (χ4v) is 5.33. The number of anilines is 1. The number of ether oxygens (including phenoxy) is 1. The molecule has 2 atom stereocenters. The van der Waals surface area contributed by atoms with Crippen LogP contribution < -0.4 is 10.6 Å². The number of hydrogen-bond acceptors (Lipinski definition) is 7. The zero-order chi connectivity index (χ0) is 28.4. The predicted molar refractivity (Wildman–Crippen MR) is 149 cm³/mol. The molecule has 2 amide bonds. The second kappa shape index (κ2) is 12.1. The summed E-state index contributed by atoms with van der Waals surface area (Å²) in [5.41, 5.74) is 2.58. The van der Waals surface area contributed by atoms with E-state index < -0.39 is 30.4 Å². The summed E-state index contributed by atoms with van der Waals surface area (Å²) in [5, 5.41) is 16.4. The quantitative estimate of drug-likeness (QED) is 0.358. The van der Waals surface area contributed by atoms with Crippen molar-refractivity contribution in [2.24, 2.45) is 0 Å². The van der Waals surface area contributed by atoms with Crippen LogP contribution in [-0.2, 0) is 16.1 Å². The Balaban J connectivity index is 1.31. The molecule has 1 aromatic heterocycles. The number of aliphatic hydroxyl groups is 1. The molecule has 3 heterocycles. The number of carbonyl (C=O) groups is 2. The van der Waals surface area contributed by atoms with E-state index >= 15 is 0 Å². The molecule has 210 valence electrons. The van der Waals surface area contributed by atoms with Gasteiger partial charge in [-0.25, -0.2) is 14.4 Å². The molecule has 3 N–H and O–H groups in total. The highest BCUT2D eigenvalue weighted by atomic mass is 35.5. The summed E-state index contributed by atoms with van der Waals surface area (Å²) in [7, 11) is 0. The molecule has 2 unspecified atom stereocenters. The Morgan fingerprint density at radius 1 is 1.20 bits per heavy atom. The molecule has 0 radical (unpaired) electrons. The zero-order valence-corrected chi connectivity index (χ0v) is 23.2. The van der Waals surface area contributed by atoms with Crippen molar-refractivity contribution in [3.8, 4) is 11.3 Å². The van der Waals surface area contributed by atoms with Crippen molar-refractivity contribution in [3.63, 3.8) is 0 Å². The highest BCUT2D eigenvalue weighted by Crippen LogP contribution is 2.33. The maximum Gasteiger partial charge on any atom is 0.255 e. The molecule has 2 aromatic carbocycles. The predicted octanol–water partition coefficient (Wildman–Crippen LogP) is 4.37. The summed E-state index contributed by atoms with van der Waals surface area (Å²) < 4.78 is 19.2. The van der Waals surface area contributed by atoms with Crippen molar-refractivity contribution < 1.29 is 23.8 Å². The summed E-state index contributed by atoms with van der Waals surface area (Å²) in [5.74, 6) is -0.934. The second-order valence-corrected chi connectivity index (χ2v) is 10.6. The molecule has 0 bridgehead atoms. The van der Waals surface area contributed by atoms with Gasteiger partial charge in [0.1, 0.15) is 11.9 Å². The van der Waals surface area contributed by atoms with Gasteiger partial charge in [-0.05, 0) is 55.2 Å². The van der Waals surface area contributed by atoms with E-state index in [1.807, 2.05) is 12.1 Å². The van der Waals surface area contributed by atoms with E-state index in [1.54, 1.807) is 13.0 Å². The third-order valence-corrected chi connectivity index (χ3v) is 7.81. The van der Waals surface area contributed by atoms with Gasteiger partial charge in [0.05, 0.1) is 29.6 Å². The molecule has 0 aliphatic carbocycles. The standard InChI is InChI=1S/C28H28Cl2FN5O4/c1-15(26(38)34-24(14-37)21-11-18(31)4-5-22(21)29)36-13-17-3-2-16(10-20(17)27(36)39)25-23(30)12-32-28(35-25)33-19-6-8-40-9-7-19/h2-5,10-12,15,19,24,37H,6-9,13-14H2,1H3,(H,34,38)(H,32,33,35). The van der Waals surface area contributed by atoms with Crippen LogP contribution in [0.5, 0.6) is 0 Å². The van der Waals surface area contributed by atoms with Gasteiger partial charge in [-0.3, -0.25) is 9.59 Å². The molecule has 0 spiro atoms. The Hall–Kier alpha value is -3.31. The van der Waals surface area contributed by atoms with Gasteiger partial charge in [-0.2, -0.15) is 0 Å². The summed E-state index contributed by atoms with van der Waals surface area (Å²) in [6.45, 7) is 2.68. The lowest BCUT2D eigenvalue weighted by molar-refractivity contribution is -0.126. The largest absolute Gasteiger partial charge is 0.394 e. The molecule has 2 aliphatic heterocycles. The number of rotatable bonds is 8. The number of nitrogens with one attached hydrogen (secondary N) is 2. The van der Waals surface area contributed by atoms with Crippen molar-refractivity contribution in [3.05, 3.63) is 75.1 Å². The molecule has 9 nitrogen and oxygen atoms in total. The summed E-state index contributed by atoms with van der Waals surface area (Å²) >= 11 is 12.6. The van der Waals surface area contributed by atoms with Crippen LogP contribution in [0.3, 0.4) is 0 Å². The van der Waals surface area contributed by atoms with Crippen LogP contribution in [0.2, 0.25) is 10.0 Å². The molecule has 3 aromatic rings. The number of nitrogens with zero attached hydrogens (tertiary/aromatic N) is 3. The number of aliphatic hydroxyl groups excluding tert-OH is 1. The van der Waals surface area contributed by atoms with Crippen molar-refractivity contribution in [2.45, 2.75) is 44.4 Å². The summed E-state index contributed by atoms with van der Waals surface area (Å²) in [4.78, 5) is 36.8. The van der Waals surface area contributed by atoms with Gasteiger partial charge < -0.3 is 25.4 Å². The van der Waals surface area contributed by atoms with Crippen LogP contribution in [0.25, 0.3) is 11.3 Å². The number of benzene rings is 2. The van der Waals surface area contributed by atoms with Gasteiger partial charge in [0.25, 0.3) is 5.91 Å². The maximum atomic E-state index is 13.8. The summed E-state index contributed by atoms with van der Waals surface area (Å²) in [6, 6.07) is 7.48. The molecular formula is C28H28Cl2FN5O4. The van der Waals surface area contributed by atoms with Gasteiger partial charge in [0, 0.05) is 41.9 Å². The van der Waals surface area contributed by atoms with Crippen molar-refractivity contribution in [1.29, 1.82) is 0 Å². The number of aromatic nitrogens is 2. The van der Waals surface area contributed by atoms with E-state index in [0.29, 0.717) is 41.0 Å². The first-order chi connectivity index (χ1) is 19.2. The molecule has 5 rings (SSSR count). The highest BCUT2D eigenvalue weighted by Gasteiger charge is 2.35. The minimum atomic E-state index is -0.936. The number of amides is 2. The van der Waals surface area contributed by atoms with E-state index in [4.69, 9.17) is 27.9 Å². The lowest BCUT2D eigenvalue weighted by atomic mass is 10.0. The van der Waals surface area contributed by atoms with E-state index in [1.165, 1.54) is 23.2 Å². The lowest BCUT2D eigenvalue weighted by Gasteiger charge is -2.26. The first kappa shape index (κ1) is 28.2. The average molecular weight is 588 g/mol. The third kappa shape index (κ3) is 5.90. The minimum absolute atomic E-state index is 0.202. The van der Waals surface area contributed by atoms with Gasteiger partial charge in [0.15, 0.2) is 0 Å². The molecule has 1 fully saturated rings. The smallest absolute Gasteiger partial charge is 0.255 e.